The minimum atomic E-state index is -1.84. The van der Waals surface area contributed by atoms with E-state index in [9.17, 15) is 30.3 Å². The van der Waals surface area contributed by atoms with Crippen LogP contribution in [0.4, 0.5) is 0 Å². The van der Waals surface area contributed by atoms with Gasteiger partial charge in [0.2, 0.25) is 0 Å². The number of hydrogen-bond donors (Lipinski definition) is 7. The van der Waals surface area contributed by atoms with Crippen LogP contribution in [0.1, 0.15) is 94.9 Å². The second kappa shape index (κ2) is 18.7. The molecule has 3 fully saturated rings. The Morgan fingerprint density at radius 2 is 1.69 bits per heavy atom. The van der Waals surface area contributed by atoms with Crippen LogP contribution in [0.15, 0.2) is 5.11 Å². The molecule has 0 bridgehead atoms. The summed E-state index contributed by atoms with van der Waals surface area (Å²) in [6.07, 6.45) is -8.42. The zero-order valence-electron chi connectivity index (χ0n) is 34.3. The summed E-state index contributed by atoms with van der Waals surface area (Å²) < 4.78 is 37.5. The molecule has 0 saturated carbocycles. The molecule has 3 heterocycles. The van der Waals surface area contributed by atoms with Gasteiger partial charge in [0.05, 0.1) is 42.5 Å². The molecule has 7 N–H and O–H groups in total. The molecule has 0 aromatic rings. The van der Waals surface area contributed by atoms with Crippen LogP contribution in [0, 0.1) is 17.8 Å². The van der Waals surface area contributed by atoms with E-state index in [4.69, 9.17) is 34.0 Å². The topological polar surface area (TPSA) is 246 Å². The van der Waals surface area contributed by atoms with E-state index in [0.717, 1.165) is 0 Å². The van der Waals surface area contributed by atoms with Crippen LogP contribution in [-0.4, -0.2) is 149 Å². The molecular weight excluding hydrogens is 706 g/mol. The number of hydrogen-bond acceptors (Lipinski definition) is 15. The fraction of sp³-hybridized carbons (Fsp3) is 0.973. The maximum atomic E-state index is 14.2. The minimum absolute atomic E-state index is 0.0525. The van der Waals surface area contributed by atoms with Crippen LogP contribution in [0.5, 0.6) is 0 Å². The molecule has 17 heteroatoms. The number of aliphatic hydroxyl groups is 5. The van der Waals surface area contributed by atoms with Crippen molar-refractivity contribution < 1.29 is 58.7 Å². The normalized spacial score (nSPS) is 48.9. The predicted octanol–water partition coefficient (Wildman–Crippen LogP) is 1.90. The van der Waals surface area contributed by atoms with Crippen LogP contribution in [0.2, 0.25) is 0 Å². The lowest BCUT2D eigenvalue weighted by Gasteiger charge is -2.53. The molecule has 0 amide bonds. The largest absolute Gasteiger partial charge is 0.459 e. The van der Waals surface area contributed by atoms with Crippen molar-refractivity contribution in [2.45, 2.75) is 185 Å². The molecule has 314 valence electrons. The third kappa shape index (κ3) is 10.0. The van der Waals surface area contributed by atoms with Gasteiger partial charge in [-0.05, 0) is 92.8 Å². The second-order valence-corrected chi connectivity index (χ2v) is 16.8. The highest BCUT2D eigenvalue weighted by molar-refractivity contribution is 5.73. The van der Waals surface area contributed by atoms with Crippen molar-refractivity contribution in [1.82, 2.24) is 10.6 Å². The fourth-order valence-corrected chi connectivity index (χ4v) is 8.65. The predicted molar refractivity (Wildman–Crippen MR) is 198 cm³/mol. The lowest BCUT2D eigenvalue weighted by Crippen LogP contribution is -2.68. The van der Waals surface area contributed by atoms with Crippen molar-refractivity contribution in [2.75, 3.05) is 27.2 Å². The van der Waals surface area contributed by atoms with E-state index in [0.29, 0.717) is 13.0 Å². The summed E-state index contributed by atoms with van der Waals surface area (Å²) in [6, 6.07) is -0.974. The monoisotopic (exact) mass is 775 g/mol. The molecule has 3 saturated heterocycles. The van der Waals surface area contributed by atoms with Gasteiger partial charge in [0.15, 0.2) is 12.6 Å². The van der Waals surface area contributed by atoms with Crippen molar-refractivity contribution in [3.63, 3.8) is 0 Å². The van der Waals surface area contributed by atoms with E-state index in [2.05, 4.69) is 20.7 Å². The smallest absolute Gasteiger partial charge is 0.311 e. The number of carbonyl (C=O) groups is 1. The SMILES string of the molecule is CC[C@H]1OC(=O)[C@H](C)[C@@H](O[C@H]2C[C@@](C)(OC)[C@](O)(CN=[N+]=[N-])[C@H](C)O2)[C@H](C)[C@@H](O[C@@H]2O[C@H](C)C[C@H](NC)[C@H]2O)[C@](C)(O)C[C@@H](C)CN[C@H](C)[C@@H](O)[C@]1(C)O. The van der Waals surface area contributed by atoms with Gasteiger partial charge < -0.3 is 64.6 Å². The summed E-state index contributed by atoms with van der Waals surface area (Å²) in [6.45, 7) is 17.0. The Balaban J connectivity index is 2.17. The average molecular weight is 776 g/mol. The first-order chi connectivity index (χ1) is 25.0. The molecule has 18 atom stereocenters. The maximum Gasteiger partial charge on any atom is 0.311 e. The third-order valence-corrected chi connectivity index (χ3v) is 12.3. The van der Waals surface area contributed by atoms with Gasteiger partial charge in [-0.3, -0.25) is 4.79 Å². The molecule has 54 heavy (non-hydrogen) atoms. The Hall–Kier alpha value is -1.70. The summed E-state index contributed by atoms with van der Waals surface area (Å²) in [5, 5.41) is 68.4. The second-order valence-electron chi connectivity index (χ2n) is 16.8. The molecule has 0 aliphatic carbocycles. The molecule has 0 spiro atoms. The lowest BCUT2D eigenvalue weighted by atomic mass is 9.75. The lowest BCUT2D eigenvalue weighted by molar-refractivity contribution is -0.334. The molecule has 0 aromatic carbocycles. The van der Waals surface area contributed by atoms with Gasteiger partial charge in [-0.2, -0.15) is 0 Å². The number of rotatable bonds is 9. The molecule has 3 aliphatic rings. The van der Waals surface area contributed by atoms with Crippen LogP contribution in [0.25, 0.3) is 10.4 Å². The van der Waals surface area contributed by atoms with Crippen molar-refractivity contribution in [2.24, 2.45) is 22.9 Å². The Morgan fingerprint density at radius 1 is 1.04 bits per heavy atom. The number of carbonyl (C=O) groups excluding carboxylic acids is 1. The van der Waals surface area contributed by atoms with E-state index in [1.54, 1.807) is 55.5 Å². The number of ether oxygens (including phenoxy) is 6. The highest BCUT2D eigenvalue weighted by atomic mass is 16.7. The molecule has 3 aliphatic heterocycles. The van der Waals surface area contributed by atoms with Gasteiger partial charge in [-0.1, -0.05) is 25.9 Å². The van der Waals surface area contributed by atoms with E-state index in [-0.39, 0.29) is 43.9 Å². The van der Waals surface area contributed by atoms with Gasteiger partial charge in [-0.15, -0.1) is 0 Å². The first kappa shape index (κ1) is 46.7. The molecule has 0 aromatic heterocycles. The Morgan fingerprint density at radius 3 is 2.26 bits per heavy atom. The van der Waals surface area contributed by atoms with Crippen LogP contribution < -0.4 is 10.6 Å². The number of likely N-dealkylation sites (N-methyl/N-ethyl adjacent to an activating group) is 1. The molecular formula is C37H69N5O12. The van der Waals surface area contributed by atoms with E-state index < -0.39 is 95.5 Å². The number of azide groups is 1. The summed E-state index contributed by atoms with van der Waals surface area (Å²) in [4.78, 5) is 17.0. The molecule has 0 radical (unpaired) electrons. The standard InChI is InChI=1S/C37H69N5O12/c1-13-26-36(10,47)30(44)23(6)40-17-19(2)15-34(8,46)31(54-33-28(43)25(39-11)14-20(3)50-33)21(4)29(22(5)32(45)52-26)53-27-16-35(9,49-12)37(48,18-41-42-38)24(7)51-27/h19-31,33,39-40,43-44,46-48H,13-18H2,1-12H3/t19-,20-,21+,22-,23-,24+,25+,26-,27+,28-,29+,30-,31-,33+,34-,35-,36-,37+/m1/s1. The number of aliphatic hydroxyl groups excluding tert-OH is 2. The number of nitrogens with zero attached hydrogens (tertiary/aromatic N) is 3. The molecule has 3 rings (SSSR count). The zero-order chi connectivity index (χ0) is 41.0. The molecule has 17 nitrogen and oxygen atoms in total. The Kier molecular flexibility index (Phi) is 16.2. The van der Waals surface area contributed by atoms with Gasteiger partial charge >= 0.3 is 5.97 Å². The first-order valence-electron chi connectivity index (χ1n) is 19.4. The quantitative estimate of drug-likeness (QED) is 0.0766. The van der Waals surface area contributed by atoms with Gasteiger partial charge in [0.1, 0.15) is 35.1 Å². The molecule has 0 unspecified atom stereocenters. The number of esters is 1. The summed E-state index contributed by atoms with van der Waals surface area (Å²) >= 11 is 0. The van der Waals surface area contributed by atoms with Crippen LogP contribution >= 0.6 is 0 Å². The summed E-state index contributed by atoms with van der Waals surface area (Å²) in [7, 11) is 3.16. The summed E-state index contributed by atoms with van der Waals surface area (Å²) in [5.74, 6) is -2.85. The van der Waals surface area contributed by atoms with Gasteiger partial charge in [0.25, 0.3) is 0 Å². The Labute approximate surface area is 320 Å². The van der Waals surface area contributed by atoms with Crippen LogP contribution in [0.3, 0.4) is 0 Å². The van der Waals surface area contributed by atoms with E-state index in [1.165, 1.54) is 14.0 Å². The number of nitrogens with one attached hydrogen (secondary N) is 2. The third-order valence-electron chi connectivity index (χ3n) is 12.3. The zero-order valence-corrected chi connectivity index (χ0v) is 34.3. The highest BCUT2D eigenvalue weighted by Gasteiger charge is 2.58. The van der Waals surface area contributed by atoms with Crippen molar-refractivity contribution >= 4 is 5.97 Å². The summed E-state index contributed by atoms with van der Waals surface area (Å²) in [5.41, 5.74) is 2.51. The Bertz CT molecular complexity index is 1270. The average Bonchev–Trinajstić information content (AvgIpc) is 3.11. The minimum Gasteiger partial charge on any atom is -0.459 e. The van der Waals surface area contributed by atoms with Crippen molar-refractivity contribution in [1.29, 1.82) is 0 Å². The first-order valence-corrected chi connectivity index (χ1v) is 19.4. The van der Waals surface area contributed by atoms with Crippen molar-refractivity contribution in [3.05, 3.63) is 10.4 Å². The van der Waals surface area contributed by atoms with Gasteiger partial charge in [0, 0.05) is 36.4 Å². The van der Waals surface area contributed by atoms with E-state index in [1.807, 2.05) is 13.8 Å². The maximum absolute atomic E-state index is 14.2. The number of methoxy groups -OCH3 is 1. The van der Waals surface area contributed by atoms with E-state index >= 15 is 0 Å². The van der Waals surface area contributed by atoms with Gasteiger partial charge in [-0.25, -0.2) is 0 Å². The van der Waals surface area contributed by atoms with Crippen molar-refractivity contribution in [3.8, 4) is 0 Å². The highest BCUT2D eigenvalue weighted by Crippen LogP contribution is 2.43. The number of cyclic esters (lactones) is 1. The van der Waals surface area contributed by atoms with Crippen LogP contribution in [-0.2, 0) is 33.2 Å². The fourth-order valence-electron chi connectivity index (χ4n) is 8.65.